The van der Waals surface area contributed by atoms with Crippen molar-refractivity contribution in [3.05, 3.63) is 32.6 Å². The summed E-state index contributed by atoms with van der Waals surface area (Å²) in [6.07, 6.45) is 1.62. The summed E-state index contributed by atoms with van der Waals surface area (Å²) in [6.45, 7) is 0.243. The zero-order valence-electron chi connectivity index (χ0n) is 9.77. The van der Waals surface area contributed by atoms with Gasteiger partial charge in [0.2, 0.25) is 0 Å². The molecule has 7 nitrogen and oxygen atoms in total. The van der Waals surface area contributed by atoms with Gasteiger partial charge in [-0.05, 0) is 6.42 Å². The van der Waals surface area contributed by atoms with Crippen LogP contribution in [0.15, 0.2) is 15.8 Å². The van der Waals surface area contributed by atoms with Crippen molar-refractivity contribution in [1.82, 2.24) is 14.5 Å². The minimum atomic E-state index is -0.630. The van der Waals surface area contributed by atoms with Crippen molar-refractivity contribution in [3.8, 4) is 0 Å². The molecule has 1 rings (SSSR count). The van der Waals surface area contributed by atoms with Crippen molar-refractivity contribution in [2.24, 2.45) is 14.1 Å². The molecule has 1 aromatic rings. The Morgan fingerprint density at radius 2 is 2.06 bits per heavy atom. The summed E-state index contributed by atoms with van der Waals surface area (Å²) < 4.78 is 2.04. The van der Waals surface area contributed by atoms with Crippen LogP contribution in [0.4, 0.5) is 0 Å². The molecule has 1 amide bonds. The molecule has 0 aromatic carbocycles. The van der Waals surface area contributed by atoms with Crippen LogP contribution >= 0.6 is 0 Å². The van der Waals surface area contributed by atoms with Gasteiger partial charge < -0.3 is 15.0 Å². The minimum absolute atomic E-state index is 0.0361. The van der Waals surface area contributed by atoms with Gasteiger partial charge in [0, 0.05) is 33.4 Å². The first kappa shape index (κ1) is 13.2. The summed E-state index contributed by atoms with van der Waals surface area (Å²) in [6, 6.07) is 0. The second-order valence-corrected chi connectivity index (χ2v) is 3.63. The Balaban J connectivity index is 3.03. The quantitative estimate of drug-likeness (QED) is 0.608. The molecule has 17 heavy (non-hydrogen) atoms. The molecule has 0 saturated carbocycles. The molecule has 1 heterocycles. The molecule has 0 saturated heterocycles. The Kier molecular flexibility index (Phi) is 4.22. The lowest BCUT2D eigenvalue weighted by Crippen LogP contribution is -2.42. The number of nitrogens with zero attached hydrogens (tertiary/aromatic N) is 2. The zero-order chi connectivity index (χ0) is 13.0. The van der Waals surface area contributed by atoms with Crippen molar-refractivity contribution < 1.29 is 9.90 Å². The first-order valence-corrected chi connectivity index (χ1v) is 5.14. The van der Waals surface area contributed by atoms with E-state index < -0.39 is 17.2 Å². The SMILES string of the molecule is Cn1cc(C(=O)NCCCO)c(=O)n(C)c1=O. The summed E-state index contributed by atoms with van der Waals surface area (Å²) in [4.78, 5) is 34.7. The van der Waals surface area contributed by atoms with E-state index in [0.29, 0.717) is 6.42 Å². The number of aryl methyl sites for hydroxylation is 1. The molecule has 0 unspecified atom stereocenters. The van der Waals surface area contributed by atoms with E-state index in [1.54, 1.807) is 0 Å². The third-order valence-corrected chi connectivity index (χ3v) is 2.31. The summed E-state index contributed by atoms with van der Waals surface area (Å²) in [5.41, 5.74) is -1.20. The zero-order valence-corrected chi connectivity index (χ0v) is 9.77. The van der Waals surface area contributed by atoms with E-state index in [1.807, 2.05) is 0 Å². The number of amides is 1. The van der Waals surface area contributed by atoms with Crippen LogP contribution in [-0.2, 0) is 14.1 Å². The summed E-state index contributed by atoms with van der Waals surface area (Å²) in [7, 11) is 2.78. The number of aromatic nitrogens is 2. The molecule has 0 spiro atoms. The van der Waals surface area contributed by atoms with Gasteiger partial charge in [0.15, 0.2) is 0 Å². The van der Waals surface area contributed by atoms with E-state index in [1.165, 1.54) is 24.9 Å². The Bertz CT molecular complexity index is 529. The molecule has 7 heteroatoms. The first-order valence-electron chi connectivity index (χ1n) is 5.14. The molecule has 0 aliphatic carbocycles. The average Bonchev–Trinajstić information content (AvgIpc) is 2.31. The van der Waals surface area contributed by atoms with Crippen LogP contribution in [-0.4, -0.2) is 33.3 Å². The van der Waals surface area contributed by atoms with E-state index in [9.17, 15) is 14.4 Å². The predicted molar refractivity (Wildman–Crippen MR) is 61.0 cm³/mol. The van der Waals surface area contributed by atoms with Gasteiger partial charge in [0.1, 0.15) is 5.56 Å². The minimum Gasteiger partial charge on any atom is -0.396 e. The molecule has 0 atom stereocenters. The van der Waals surface area contributed by atoms with Crippen molar-refractivity contribution >= 4 is 5.91 Å². The fourth-order valence-corrected chi connectivity index (χ4v) is 1.34. The van der Waals surface area contributed by atoms with Gasteiger partial charge in [-0.3, -0.25) is 14.2 Å². The topological polar surface area (TPSA) is 93.3 Å². The molecular formula is C10H15N3O4. The number of nitrogens with one attached hydrogen (secondary N) is 1. The van der Waals surface area contributed by atoms with Gasteiger partial charge >= 0.3 is 5.69 Å². The second-order valence-electron chi connectivity index (χ2n) is 3.63. The fraction of sp³-hybridized carbons (Fsp3) is 0.500. The molecular weight excluding hydrogens is 226 g/mol. The molecule has 0 fully saturated rings. The summed E-state index contributed by atoms with van der Waals surface area (Å²) >= 11 is 0. The number of aliphatic hydroxyl groups excluding tert-OH is 1. The summed E-state index contributed by atoms with van der Waals surface area (Å²) in [5.74, 6) is -0.547. The molecule has 0 radical (unpaired) electrons. The van der Waals surface area contributed by atoms with Gasteiger partial charge in [0.25, 0.3) is 11.5 Å². The van der Waals surface area contributed by atoms with E-state index in [0.717, 1.165) is 4.57 Å². The van der Waals surface area contributed by atoms with Crippen molar-refractivity contribution in [1.29, 1.82) is 0 Å². The maximum Gasteiger partial charge on any atom is 0.330 e. The summed E-state index contributed by atoms with van der Waals surface area (Å²) in [5, 5.41) is 11.1. The third-order valence-electron chi connectivity index (χ3n) is 2.31. The number of carbonyl (C=O) groups excluding carboxylic acids is 1. The standard InChI is InChI=1S/C10H15N3O4/c1-12-6-7(8(15)11-4-3-5-14)9(16)13(2)10(12)17/h6,14H,3-5H2,1-2H3,(H,11,15). The van der Waals surface area contributed by atoms with Crippen LogP contribution in [0.5, 0.6) is 0 Å². The van der Waals surface area contributed by atoms with Crippen molar-refractivity contribution in [2.75, 3.05) is 13.2 Å². The smallest absolute Gasteiger partial charge is 0.330 e. The Labute approximate surface area is 97.3 Å². The maximum atomic E-state index is 11.7. The Morgan fingerprint density at radius 1 is 1.41 bits per heavy atom. The van der Waals surface area contributed by atoms with E-state index in [4.69, 9.17) is 5.11 Å². The van der Waals surface area contributed by atoms with Gasteiger partial charge in [-0.2, -0.15) is 0 Å². The van der Waals surface area contributed by atoms with Gasteiger partial charge in [-0.1, -0.05) is 0 Å². The van der Waals surface area contributed by atoms with Gasteiger partial charge in [-0.25, -0.2) is 4.79 Å². The molecule has 0 aliphatic heterocycles. The van der Waals surface area contributed by atoms with Crippen LogP contribution in [0, 0.1) is 0 Å². The highest BCUT2D eigenvalue weighted by Crippen LogP contribution is 1.88. The largest absolute Gasteiger partial charge is 0.396 e. The number of aliphatic hydroxyl groups is 1. The number of hydrogen-bond donors (Lipinski definition) is 2. The van der Waals surface area contributed by atoms with E-state index >= 15 is 0 Å². The lowest BCUT2D eigenvalue weighted by atomic mass is 10.3. The highest BCUT2D eigenvalue weighted by atomic mass is 16.3. The molecule has 94 valence electrons. The van der Waals surface area contributed by atoms with Crippen LogP contribution in [0.3, 0.4) is 0 Å². The normalized spacial score (nSPS) is 10.3. The first-order chi connectivity index (χ1) is 7.99. The average molecular weight is 241 g/mol. The number of carbonyl (C=O) groups is 1. The van der Waals surface area contributed by atoms with Crippen LogP contribution in [0.25, 0.3) is 0 Å². The van der Waals surface area contributed by atoms with Crippen LogP contribution in [0.2, 0.25) is 0 Å². The highest BCUT2D eigenvalue weighted by Gasteiger charge is 2.13. The van der Waals surface area contributed by atoms with Gasteiger partial charge in [0.05, 0.1) is 0 Å². The van der Waals surface area contributed by atoms with E-state index in [2.05, 4.69) is 5.32 Å². The number of rotatable bonds is 4. The van der Waals surface area contributed by atoms with Crippen molar-refractivity contribution in [2.45, 2.75) is 6.42 Å². The molecule has 0 bridgehead atoms. The number of hydrogen-bond acceptors (Lipinski definition) is 4. The Morgan fingerprint density at radius 3 is 2.65 bits per heavy atom. The van der Waals surface area contributed by atoms with Gasteiger partial charge in [-0.15, -0.1) is 0 Å². The maximum absolute atomic E-state index is 11.7. The third kappa shape index (κ3) is 2.82. The predicted octanol–water partition coefficient (Wildman–Crippen LogP) is -1.80. The van der Waals surface area contributed by atoms with E-state index in [-0.39, 0.29) is 18.7 Å². The lowest BCUT2D eigenvalue weighted by molar-refractivity contribution is 0.0948. The lowest BCUT2D eigenvalue weighted by Gasteiger charge is -2.07. The monoisotopic (exact) mass is 241 g/mol. The molecule has 1 aromatic heterocycles. The van der Waals surface area contributed by atoms with Crippen molar-refractivity contribution in [3.63, 3.8) is 0 Å². The van der Waals surface area contributed by atoms with Crippen LogP contribution in [0.1, 0.15) is 16.8 Å². The molecule has 2 N–H and O–H groups in total. The molecule has 0 aliphatic rings. The highest BCUT2D eigenvalue weighted by molar-refractivity contribution is 5.93. The fourth-order valence-electron chi connectivity index (χ4n) is 1.34. The Hall–Kier alpha value is -1.89. The van der Waals surface area contributed by atoms with Crippen LogP contribution < -0.4 is 16.6 Å². The second kappa shape index (κ2) is 5.44.